The van der Waals surface area contributed by atoms with E-state index in [9.17, 15) is 13.2 Å². The summed E-state index contributed by atoms with van der Waals surface area (Å²) < 4.78 is 27.6. The molecule has 1 saturated carbocycles. The standard InChI is InChI=1S/C22H27N3O3S2/c26-21(18-7-3-1-4-8-18)23-16-15-17-11-13-20(14-12-17)30(27,28)25-22(29)24-19-9-5-2-6-10-19/h1,3-4,7-8,11-14,19H,2,5-6,9-10,15-16H2,(H,23,26)(H2,24,25,29). The molecule has 0 aliphatic heterocycles. The van der Waals surface area contributed by atoms with Crippen LogP contribution in [0, 0.1) is 0 Å². The van der Waals surface area contributed by atoms with Gasteiger partial charge in [-0.3, -0.25) is 9.52 Å². The number of rotatable bonds is 7. The van der Waals surface area contributed by atoms with Gasteiger partial charge in [-0.15, -0.1) is 0 Å². The van der Waals surface area contributed by atoms with E-state index < -0.39 is 10.0 Å². The lowest BCUT2D eigenvalue weighted by molar-refractivity contribution is 0.0954. The van der Waals surface area contributed by atoms with Gasteiger partial charge in [-0.25, -0.2) is 8.42 Å². The molecule has 0 heterocycles. The minimum Gasteiger partial charge on any atom is -0.359 e. The summed E-state index contributed by atoms with van der Waals surface area (Å²) >= 11 is 5.19. The Balaban J connectivity index is 1.48. The molecule has 3 N–H and O–H groups in total. The highest BCUT2D eigenvalue weighted by atomic mass is 32.2. The van der Waals surface area contributed by atoms with Crippen molar-refractivity contribution in [2.45, 2.75) is 49.5 Å². The van der Waals surface area contributed by atoms with Crippen molar-refractivity contribution in [3.05, 3.63) is 65.7 Å². The largest absolute Gasteiger partial charge is 0.359 e. The number of carbonyl (C=O) groups excluding carboxylic acids is 1. The molecule has 2 aromatic carbocycles. The number of carbonyl (C=O) groups is 1. The molecule has 0 unspecified atom stereocenters. The Morgan fingerprint density at radius 3 is 2.30 bits per heavy atom. The molecule has 0 spiro atoms. The van der Waals surface area contributed by atoms with Crippen molar-refractivity contribution in [2.24, 2.45) is 0 Å². The van der Waals surface area contributed by atoms with Gasteiger partial charge in [0.2, 0.25) is 0 Å². The molecule has 6 nitrogen and oxygen atoms in total. The SMILES string of the molecule is O=C(NCCc1ccc(S(=O)(=O)NC(=S)NC2CCCCC2)cc1)c1ccccc1. The third-order valence-electron chi connectivity index (χ3n) is 5.14. The molecule has 0 bridgehead atoms. The second-order valence-electron chi connectivity index (χ2n) is 7.43. The molecular formula is C22H27N3O3S2. The Morgan fingerprint density at radius 1 is 0.967 bits per heavy atom. The summed E-state index contributed by atoms with van der Waals surface area (Å²) in [6.45, 7) is 0.466. The highest BCUT2D eigenvalue weighted by Gasteiger charge is 2.19. The molecule has 30 heavy (non-hydrogen) atoms. The Labute approximate surface area is 183 Å². The molecule has 1 aliphatic rings. The number of hydrogen-bond acceptors (Lipinski definition) is 4. The third-order valence-corrected chi connectivity index (χ3v) is 6.85. The zero-order valence-electron chi connectivity index (χ0n) is 16.8. The molecule has 0 saturated heterocycles. The predicted octanol–water partition coefficient (Wildman–Crippen LogP) is 3.14. The first kappa shape index (κ1) is 22.2. The monoisotopic (exact) mass is 445 g/mol. The van der Waals surface area contributed by atoms with Gasteiger partial charge in [-0.2, -0.15) is 0 Å². The fourth-order valence-electron chi connectivity index (χ4n) is 3.49. The van der Waals surface area contributed by atoms with E-state index in [4.69, 9.17) is 12.2 Å². The molecule has 1 amide bonds. The van der Waals surface area contributed by atoms with Gasteiger partial charge in [0.15, 0.2) is 5.11 Å². The van der Waals surface area contributed by atoms with E-state index in [2.05, 4.69) is 15.4 Å². The third kappa shape index (κ3) is 6.53. The Bertz CT molecular complexity index is 955. The first-order valence-electron chi connectivity index (χ1n) is 10.2. The molecule has 0 atom stereocenters. The van der Waals surface area contributed by atoms with Crippen LogP contribution < -0.4 is 15.4 Å². The summed E-state index contributed by atoms with van der Waals surface area (Å²) in [6, 6.07) is 15.9. The number of amides is 1. The lowest BCUT2D eigenvalue weighted by Crippen LogP contribution is -2.44. The zero-order valence-corrected chi connectivity index (χ0v) is 18.4. The average molecular weight is 446 g/mol. The Kier molecular flexibility index (Phi) is 7.81. The van der Waals surface area contributed by atoms with E-state index in [1.807, 2.05) is 18.2 Å². The summed E-state index contributed by atoms with van der Waals surface area (Å²) in [4.78, 5) is 12.2. The van der Waals surface area contributed by atoms with Crippen LogP contribution in [0.4, 0.5) is 0 Å². The van der Waals surface area contributed by atoms with Gasteiger partial charge < -0.3 is 10.6 Å². The van der Waals surface area contributed by atoms with Gasteiger partial charge in [0.05, 0.1) is 4.90 Å². The van der Waals surface area contributed by atoms with Crippen LogP contribution in [0.15, 0.2) is 59.5 Å². The highest BCUT2D eigenvalue weighted by molar-refractivity contribution is 7.91. The van der Waals surface area contributed by atoms with Crippen LogP contribution in [0.25, 0.3) is 0 Å². The number of hydrogen-bond donors (Lipinski definition) is 3. The molecule has 8 heteroatoms. The van der Waals surface area contributed by atoms with Gasteiger partial charge in [0, 0.05) is 18.2 Å². The number of thiocarbonyl (C=S) groups is 1. The smallest absolute Gasteiger partial charge is 0.263 e. The fourth-order valence-corrected chi connectivity index (χ4v) is 4.90. The second-order valence-corrected chi connectivity index (χ2v) is 9.52. The van der Waals surface area contributed by atoms with Gasteiger partial charge in [0.1, 0.15) is 0 Å². The van der Waals surface area contributed by atoms with Crippen molar-refractivity contribution in [3.8, 4) is 0 Å². The fraction of sp³-hybridized carbons (Fsp3) is 0.364. The first-order valence-corrected chi connectivity index (χ1v) is 12.1. The normalized spacial score (nSPS) is 14.7. The van der Waals surface area contributed by atoms with E-state index in [0.29, 0.717) is 18.5 Å². The van der Waals surface area contributed by atoms with E-state index in [-0.39, 0.29) is 22.0 Å². The summed E-state index contributed by atoms with van der Waals surface area (Å²) in [5.74, 6) is -0.127. The van der Waals surface area contributed by atoms with Crippen LogP contribution >= 0.6 is 12.2 Å². The maximum atomic E-state index is 12.6. The van der Waals surface area contributed by atoms with Crippen molar-refractivity contribution < 1.29 is 13.2 Å². The minimum atomic E-state index is -3.72. The van der Waals surface area contributed by atoms with Crippen molar-refractivity contribution in [3.63, 3.8) is 0 Å². The van der Waals surface area contributed by atoms with Crippen molar-refractivity contribution >= 4 is 33.3 Å². The van der Waals surface area contributed by atoms with Crippen LogP contribution in [-0.4, -0.2) is 32.0 Å². The van der Waals surface area contributed by atoms with Crippen LogP contribution in [-0.2, 0) is 16.4 Å². The van der Waals surface area contributed by atoms with E-state index in [1.54, 1.807) is 36.4 Å². The van der Waals surface area contributed by atoms with E-state index in [0.717, 1.165) is 31.2 Å². The molecule has 0 aromatic heterocycles. The molecule has 2 aromatic rings. The van der Waals surface area contributed by atoms with Gasteiger partial charge in [0.25, 0.3) is 15.9 Å². The summed E-state index contributed by atoms with van der Waals surface area (Å²) in [6.07, 6.45) is 6.13. The quantitative estimate of drug-likeness (QED) is 0.570. The van der Waals surface area contributed by atoms with E-state index >= 15 is 0 Å². The molecular weight excluding hydrogens is 418 g/mol. The maximum Gasteiger partial charge on any atom is 0.263 e. The van der Waals surface area contributed by atoms with Crippen LogP contribution in [0.1, 0.15) is 48.0 Å². The van der Waals surface area contributed by atoms with Gasteiger partial charge in [-0.1, -0.05) is 49.6 Å². The second kappa shape index (κ2) is 10.5. The van der Waals surface area contributed by atoms with Gasteiger partial charge in [-0.05, 0) is 61.3 Å². The summed E-state index contributed by atoms with van der Waals surface area (Å²) in [5.41, 5.74) is 1.55. The summed E-state index contributed by atoms with van der Waals surface area (Å²) in [5, 5.41) is 6.12. The topological polar surface area (TPSA) is 87.3 Å². The van der Waals surface area contributed by atoms with Crippen LogP contribution in [0.5, 0.6) is 0 Å². The minimum absolute atomic E-state index is 0.127. The number of nitrogens with one attached hydrogen (secondary N) is 3. The summed E-state index contributed by atoms with van der Waals surface area (Å²) in [7, 11) is -3.72. The maximum absolute atomic E-state index is 12.6. The van der Waals surface area contributed by atoms with E-state index in [1.165, 1.54) is 6.42 Å². The first-order chi connectivity index (χ1) is 14.4. The molecule has 160 valence electrons. The van der Waals surface area contributed by atoms with Crippen molar-refractivity contribution in [1.82, 2.24) is 15.4 Å². The van der Waals surface area contributed by atoms with Crippen LogP contribution in [0.2, 0.25) is 0 Å². The number of sulfonamides is 1. The predicted molar refractivity (Wildman–Crippen MR) is 122 cm³/mol. The van der Waals surface area contributed by atoms with Crippen LogP contribution in [0.3, 0.4) is 0 Å². The molecule has 1 fully saturated rings. The average Bonchev–Trinajstić information content (AvgIpc) is 2.75. The lowest BCUT2D eigenvalue weighted by atomic mass is 9.96. The molecule has 0 radical (unpaired) electrons. The Morgan fingerprint density at radius 2 is 1.63 bits per heavy atom. The molecule has 3 rings (SSSR count). The Hall–Kier alpha value is -2.45. The zero-order chi connectivity index (χ0) is 21.4. The highest BCUT2D eigenvalue weighted by Crippen LogP contribution is 2.17. The van der Waals surface area contributed by atoms with Crippen molar-refractivity contribution in [2.75, 3.05) is 6.54 Å². The lowest BCUT2D eigenvalue weighted by Gasteiger charge is -2.24. The van der Waals surface area contributed by atoms with Crippen molar-refractivity contribution in [1.29, 1.82) is 0 Å². The number of benzene rings is 2. The molecule has 1 aliphatic carbocycles. The van der Waals surface area contributed by atoms with Gasteiger partial charge >= 0.3 is 0 Å².